The highest BCUT2D eigenvalue weighted by Crippen LogP contribution is 2.35. The SMILES string of the molecule is CC(C)C[C@H](NC1(C#N)CC1)C(=O)N[C@@H](c1ccc(Br)cc1)c1ccsc1. The second-order valence-corrected chi connectivity index (χ2v) is 9.27. The number of halogens is 1. The Labute approximate surface area is 173 Å². The predicted octanol–water partition coefficient (Wildman–Crippen LogP) is 4.78. The number of amides is 1. The van der Waals surface area contributed by atoms with Gasteiger partial charge in [0.05, 0.1) is 18.2 Å². The molecule has 6 heteroatoms. The zero-order valence-corrected chi connectivity index (χ0v) is 17.9. The van der Waals surface area contributed by atoms with E-state index in [-0.39, 0.29) is 18.0 Å². The minimum atomic E-state index is -0.521. The number of carbonyl (C=O) groups excluding carboxylic acids is 1. The van der Waals surface area contributed by atoms with Crippen molar-refractivity contribution in [1.82, 2.24) is 10.6 Å². The van der Waals surface area contributed by atoms with Crippen LogP contribution in [0.25, 0.3) is 0 Å². The summed E-state index contributed by atoms with van der Waals surface area (Å²) in [6.45, 7) is 4.19. The molecule has 2 atom stereocenters. The highest BCUT2D eigenvalue weighted by Gasteiger charge is 2.45. The van der Waals surface area contributed by atoms with Crippen molar-refractivity contribution in [1.29, 1.82) is 5.26 Å². The molecule has 1 amide bonds. The predicted molar refractivity (Wildman–Crippen MR) is 112 cm³/mol. The first kappa shape index (κ1) is 20.1. The van der Waals surface area contributed by atoms with Crippen molar-refractivity contribution in [2.45, 2.75) is 50.7 Å². The second kappa shape index (κ2) is 8.55. The summed E-state index contributed by atoms with van der Waals surface area (Å²) < 4.78 is 1.01. The maximum absolute atomic E-state index is 13.2. The van der Waals surface area contributed by atoms with Crippen LogP contribution in [0.5, 0.6) is 0 Å². The number of thiophene rings is 1. The van der Waals surface area contributed by atoms with Gasteiger partial charge in [0, 0.05) is 4.47 Å². The molecule has 0 bridgehead atoms. The molecule has 2 aromatic rings. The number of hydrogen-bond acceptors (Lipinski definition) is 4. The molecular weight excluding hydrogens is 422 g/mol. The van der Waals surface area contributed by atoms with E-state index in [0.29, 0.717) is 12.3 Å². The van der Waals surface area contributed by atoms with Gasteiger partial charge < -0.3 is 5.32 Å². The zero-order valence-electron chi connectivity index (χ0n) is 15.5. The fraction of sp³-hybridized carbons (Fsp3) is 0.429. The van der Waals surface area contributed by atoms with Crippen LogP contribution in [0, 0.1) is 17.2 Å². The molecule has 4 nitrogen and oxygen atoms in total. The van der Waals surface area contributed by atoms with Crippen molar-refractivity contribution < 1.29 is 4.79 Å². The Balaban J connectivity index is 1.81. The van der Waals surface area contributed by atoms with Crippen molar-refractivity contribution >= 4 is 33.2 Å². The van der Waals surface area contributed by atoms with Crippen molar-refractivity contribution in [3.05, 3.63) is 56.7 Å². The van der Waals surface area contributed by atoms with Gasteiger partial charge in [-0.15, -0.1) is 0 Å². The molecule has 1 heterocycles. The number of benzene rings is 1. The lowest BCUT2D eigenvalue weighted by Gasteiger charge is -2.26. The van der Waals surface area contributed by atoms with Crippen molar-refractivity contribution in [2.75, 3.05) is 0 Å². The molecule has 3 rings (SSSR count). The lowest BCUT2D eigenvalue weighted by molar-refractivity contribution is -0.124. The van der Waals surface area contributed by atoms with Crippen LogP contribution < -0.4 is 10.6 Å². The summed E-state index contributed by atoms with van der Waals surface area (Å²) in [6.07, 6.45) is 2.32. The molecule has 1 aromatic carbocycles. The third-order valence-corrected chi connectivity index (χ3v) is 6.03. The number of hydrogen-bond donors (Lipinski definition) is 2. The second-order valence-electron chi connectivity index (χ2n) is 7.57. The third kappa shape index (κ3) is 5.19. The summed E-state index contributed by atoms with van der Waals surface area (Å²) in [5, 5.41) is 20.0. The van der Waals surface area contributed by atoms with E-state index >= 15 is 0 Å². The van der Waals surface area contributed by atoms with Gasteiger partial charge in [0.25, 0.3) is 0 Å². The largest absolute Gasteiger partial charge is 0.344 e. The third-order valence-electron chi connectivity index (χ3n) is 4.80. The van der Waals surface area contributed by atoms with E-state index < -0.39 is 5.54 Å². The molecule has 27 heavy (non-hydrogen) atoms. The Morgan fingerprint density at radius 1 is 1.26 bits per heavy atom. The van der Waals surface area contributed by atoms with E-state index in [9.17, 15) is 10.1 Å². The summed E-state index contributed by atoms with van der Waals surface area (Å²) in [5.74, 6) is 0.305. The van der Waals surface area contributed by atoms with E-state index in [4.69, 9.17) is 0 Å². The molecule has 1 aliphatic rings. The monoisotopic (exact) mass is 445 g/mol. The molecule has 0 saturated heterocycles. The van der Waals surface area contributed by atoms with Gasteiger partial charge in [0.1, 0.15) is 5.54 Å². The molecule has 2 N–H and O–H groups in total. The molecular formula is C21H24BrN3OS. The number of rotatable bonds is 8. The quantitative estimate of drug-likeness (QED) is 0.614. The molecule has 0 radical (unpaired) electrons. The van der Waals surface area contributed by atoms with Crippen LogP contribution in [0.4, 0.5) is 0 Å². The van der Waals surface area contributed by atoms with Crippen LogP contribution >= 0.6 is 27.3 Å². The molecule has 0 aliphatic heterocycles. The van der Waals surface area contributed by atoms with E-state index in [2.05, 4.69) is 51.9 Å². The minimum absolute atomic E-state index is 0.0515. The number of nitriles is 1. The fourth-order valence-corrected chi connectivity index (χ4v) is 4.10. The van der Waals surface area contributed by atoms with E-state index in [1.807, 2.05) is 35.7 Å². The van der Waals surface area contributed by atoms with Crippen LogP contribution in [0.3, 0.4) is 0 Å². The van der Waals surface area contributed by atoms with Gasteiger partial charge >= 0.3 is 0 Å². The Kier molecular flexibility index (Phi) is 6.36. The Hall–Kier alpha value is -1.68. The van der Waals surface area contributed by atoms with Crippen LogP contribution in [-0.4, -0.2) is 17.5 Å². The molecule has 1 saturated carbocycles. The summed E-state index contributed by atoms with van der Waals surface area (Å²) in [7, 11) is 0. The lowest BCUT2D eigenvalue weighted by atomic mass is 9.98. The average Bonchev–Trinajstić information content (AvgIpc) is 3.20. The van der Waals surface area contributed by atoms with Gasteiger partial charge in [-0.3, -0.25) is 10.1 Å². The zero-order chi connectivity index (χ0) is 19.4. The van der Waals surface area contributed by atoms with Gasteiger partial charge in [0.2, 0.25) is 5.91 Å². The Morgan fingerprint density at radius 3 is 2.48 bits per heavy atom. The standard InChI is InChI=1S/C21H24BrN3OS/c1-14(2)11-18(25-21(13-23)8-9-21)20(26)24-19(16-7-10-27-12-16)15-3-5-17(22)6-4-15/h3-7,10,12,14,18-19,25H,8-9,11H2,1-2H3,(H,24,26)/t18-,19-/m0/s1. The van der Waals surface area contributed by atoms with Crippen LogP contribution in [0.15, 0.2) is 45.6 Å². The minimum Gasteiger partial charge on any atom is -0.344 e. The first-order valence-electron chi connectivity index (χ1n) is 9.19. The van der Waals surface area contributed by atoms with Gasteiger partial charge in [-0.1, -0.05) is 41.9 Å². The lowest BCUT2D eigenvalue weighted by Crippen LogP contribution is -2.50. The number of nitrogens with one attached hydrogen (secondary N) is 2. The highest BCUT2D eigenvalue weighted by atomic mass is 79.9. The molecule has 1 aromatic heterocycles. The number of nitrogens with zero attached hydrogens (tertiary/aromatic N) is 1. The molecule has 0 unspecified atom stereocenters. The van der Waals surface area contributed by atoms with E-state index in [1.54, 1.807) is 11.3 Å². The molecule has 1 aliphatic carbocycles. The maximum Gasteiger partial charge on any atom is 0.237 e. The van der Waals surface area contributed by atoms with Crippen LogP contribution in [-0.2, 0) is 4.79 Å². The Morgan fingerprint density at radius 2 is 1.96 bits per heavy atom. The highest BCUT2D eigenvalue weighted by molar-refractivity contribution is 9.10. The van der Waals surface area contributed by atoms with Crippen molar-refractivity contribution in [3.8, 4) is 6.07 Å². The van der Waals surface area contributed by atoms with Crippen molar-refractivity contribution in [3.63, 3.8) is 0 Å². The Bertz CT molecular complexity index is 807. The van der Waals surface area contributed by atoms with Gasteiger partial charge in [-0.05, 0) is 65.3 Å². The topological polar surface area (TPSA) is 64.9 Å². The van der Waals surface area contributed by atoms with Gasteiger partial charge in [-0.2, -0.15) is 16.6 Å². The summed E-state index contributed by atoms with van der Waals surface area (Å²) in [5.41, 5.74) is 1.59. The first-order valence-corrected chi connectivity index (χ1v) is 10.9. The summed E-state index contributed by atoms with van der Waals surface area (Å²) in [4.78, 5) is 13.2. The fourth-order valence-electron chi connectivity index (χ4n) is 3.15. The van der Waals surface area contributed by atoms with Crippen LogP contribution in [0.2, 0.25) is 0 Å². The van der Waals surface area contributed by atoms with Crippen LogP contribution in [0.1, 0.15) is 50.3 Å². The molecule has 0 spiro atoms. The summed E-state index contributed by atoms with van der Waals surface area (Å²) in [6, 6.07) is 11.8. The summed E-state index contributed by atoms with van der Waals surface area (Å²) >= 11 is 5.08. The maximum atomic E-state index is 13.2. The smallest absolute Gasteiger partial charge is 0.237 e. The molecule has 1 fully saturated rings. The first-order chi connectivity index (χ1) is 12.9. The van der Waals surface area contributed by atoms with E-state index in [0.717, 1.165) is 28.4 Å². The number of carbonyl (C=O) groups is 1. The van der Waals surface area contributed by atoms with Gasteiger partial charge in [-0.25, -0.2) is 0 Å². The normalized spacial score (nSPS) is 17.1. The average molecular weight is 446 g/mol. The molecule has 142 valence electrons. The van der Waals surface area contributed by atoms with Crippen molar-refractivity contribution in [2.24, 2.45) is 5.92 Å². The van der Waals surface area contributed by atoms with Gasteiger partial charge in [0.15, 0.2) is 0 Å². The van der Waals surface area contributed by atoms with E-state index in [1.165, 1.54) is 0 Å².